The van der Waals surface area contributed by atoms with Crippen LogP contribution in [0.2, 0.25) is 0 Å². The van der Waals surface area contributed by atoms with E-state index in [0.717, 1.165) is 6.61 Å². The van der Waals surface area contributed by atoms with Crippen LogP contribution in [0.5, 0.6) is 0 Å². The van der Waals surface area contributed by atoms with Crippen molar-refractivity contribution >= 4 is 23.5 Å². The van der Waals surface area contributed by atoms with E-state index in [0.29, 0.717) is 6.04 Å². The zero-order chi connectivity index (χ0) is 12.0. The summed E-state index contributed by atoms with van der Waals surface area (Å²) in [6.45, 7) is 4.38. The molecule has 0 aromatic rings. The van der Waals surface area contributed by atoms with E-state index in [4.69, 9.17) is 4.74 Å². The highest BCUT2D eigenvalue weighted by molar-refractivity contribution is 7.99. The van der Waals surface area contributed by atoms with Gasteiger partial charge in [-0.25, -0.2) is 0 Å². The van der Waals surface area contributed by atoms with Crippen LogP contribution in [0, 0.1) is 0 Å². The molecule has 4 heteroatoms. The topological polar surface area (TPSA) is 21.3 Å². The molecule has 2 rings (SSSR count). The van der Waals surface area contributed by atoms with Crippen LogP contribution in [0.3, 0.4) is 0 Å². The predicted molar refractivity (Wildman–Crippen MR) is 79.3 cm³/mol. The minimum Gasteiger partial charge on any atom is -0.374 e. The Morgan fingerprint density at radius 3 is 3.24 bits per heavy atom. The molecule has 0 amide bonds. The summed E-state index contributed by atoms with van der Waals surface area (Å²) < 4.78 is 6.04. The van der Waals surface area contributed by atoms with Gasteiger partial charge in [-0.3, -0.25) is 0 Å². The van der Waals surface area contributed by atoms with Gasteiger partial charge in [-0.2, -0.15) is 23.5 Å². The van der Waals surface area contributed by atoms with Crippen molar-refractivity contribution in [2.45, 2.75) is 44.2 Å². The lowest BCUT2D eigenvalue weighted by molar-refractivity contribution is -0.0699. The lowest BCUT2D eigenvalue weighted by Gasteiger charge is -2.38. The molecular weight excluding hydrogens is 250 g/mol. The van der Waals surface area contributed by atoms with E-state index >= 15 is 0 Å². The third kappa shape index (κ3) is 4.34. The second-order valence-electron chi connectivity index (χ2n) is 5.03. The molecule has 2 atom stereocenters. The molecule has 0 aromatic carbocycles. The van der Waals surface area contributed by atoms with Crippen LogP contribution >= 0.6 is 23.5 Å². The Balaban J connectivity index is 1.63. The zero-order valence-electron chi connectivity index (χ0n) is 10.9. The fourth-order valence-corrected chi connectivity index (χ4v) is 4.71. The number of thioether (sulfide) groups is 2. The zero-order valence-corrected chi connectivity index (χ0v) is 12.5. The Labute approximate surface area is 114 Å². The first-order chi connectivity index (χ1) is 8.35. The van der Waals surface area contributed by atoms with E-state index in [-0.39, 0.29) is 5.60 Å². The van der Waals surface area contributed by atoms with Gasteiger partial charge in [-0.15, -0.1) is 0 Å². The van der Waals surface area contributed by atoms with E-state index in [9.17, 15) is 0 Å². The van der Waals surface area contributed by atoms with Crippen LogP contribution in [0.4, 0.5) is 0 Å². The van der Waals surface area contributed by atoms with E-state index in [1.807, 2.05) is 11.8 Å². The summed E-state index contributed by atoms with van der Waals surface area (Å²) in [7, 11) is 0. The molecule has 1 spiro atoms. The van der Waals surface area contributed by atoms with Crippen molar-refractivity contribution in [2.75, 3.05) is 36.2 Å². The van der Waals surface area contributed by atoms with Crippen molar-refractivity contribution in [3.05, 3.63) is 0 Å². The summed E-state index contributed by atoms with van der Waals surface area (Å²) in [4.78, 5) is 0. The quantitative estimate of drug-likeness (QED) is 0.752. The summed E-state index contributed by atoms with van der Waals surface area (Å²) in [5, 5.41) is 3.73. The maximum absolute atomic E-state index is 6.04. The van der Waals surface area contributed by atoms with Crippen LogP contribution < -0.4 is 5.32 Å². The standard InChI is InChI=1S/C13H25NOS2/c1-2-16-8-3-6-14-12-4-7-15-13(10-12)5-9-17-11-13/h12,14H,2-11H2,1H3. The largest absolute Gasteiger partial charge is 0.374 e. The van der Waals surface area contributed by atoms with Gasteiger partial charge >= 0.3 is 0 Å². The van der Waals surface area contributed by atoms with Crippen LogP contribution in [0.15, 0.2) is 0 Å². The predicted octanol–water partition coefficient (Wildman–Crippen LogP) is 2.77. The lowest BCUT2D eigenvalue weighted by atomic mass is 9.90. The van der Waals surface area contributed by atoms with Crippen LogP contribution in [0.25, 0.3) is 0 Å². The summed E-state index contributed by atoms with van der Waals surface area (Å²) in [5.74, 6) is 5.06. The van der Waals surface area contributed by atoms with Crippen LogP contribution in [-0.2, 0) is 4.74 Å². The number of nitrogens with one attached hydrogen (secondary N) is 1. The third-order valence-corrected chi connectivity index (χ3v) is 5.87. The maximum atomic E-state index is 6.04. The van der Waals surface area contributed by atoms with Gasteiger partial charge in [0.15, 0.2) is 0 Å². The number of hydrogen-bond donors (Lipinski definition) is 1. The monoisotopic (exact) mass is 275 g/mol. The highest BCUT2D eigenvalue weighted by atomic mass is 32.2. The van der Waals surface area contributed by atoms with Crippen LogP contribution in [0.1, 0.15) is 32.6 Å². The molecule has 2 heterocycles. The normalized spacial score (nSPS) is 33.4. The van der Waals surface area contributed by atoms with Crippen molar-refractivity contribution in [2.24, 2.45) is 0 Å². The van der Waals surface area contributed by atoms with Gasteiger partial charge < -0.3 is 10.1 Å². The average Bonchev–Trinajstić information content (AvgIpc) is 2.77. The van der Waals surface area contributed by atoms with Gasteiger partial charge in [0.05, 0.1) is 5.60 Å². The fourth-order valence-electron chi connectivity index (χ4n) is 2.69. The minimum atomic E-state index is 0.235. The highest BCUT2D eigenvalue weighted by Gasteiger charge is 2.40. The molecule has 17 heavy (non-hydrogen) atoms. The molecule has 2 unspecified atom stereocenters. The molecule has 2 nitrogen and oxygen atoms in total. The van der Waals surface area contributed by atoms with Crippen LogP contribution in [-0.4, -0.2) is 47.8 Å². The molecule has 0 aromatic heterocycles. The molecule has 2 fully saturated rings. The Morgan fingerprint density at radius 2 is 2.47 bits per heavy atom. The first kappa shape index (κ1) is 14.0. The highest BCUT2D eigenvalue weighted by Crippen LogP contribution is 2.38. The lowest BCUT2D eigenvalue weighted by Crippen LogP contribution is -2.47. The SMILES string of the molecule is CCSCCCNC1CCOC2(CCSC2)C1. The summed E-state index contributed by atoms with van der Waals surface area (Å²) in [6.07, 6.45) is 5.01. The molecular formula is C13H25NOS2. The molecule has 0 radical (unpaired) electrons. The van der Waals surface area contributed by atoms with Crippen molar-refractivity contribution in [3.63, 3.8) is 0 Å². The van der Waals surface area contributed by atoms with E-state index < -0.39 is 0 Å². The van der Waals surface area contributed by atoms with E-state index in [2.05, 4.69) is 24.0 Å². The van der Waals surface area contributed by atoms with Gasteiger partial charge in [0, 0.05) is 18.4 Å². The smallest absolute Gasteiger partial charge is 0.0795 e. The van der Waals surface area contributed by atoms with Crippen molar-refractivity contribution in [1.82, 2.24) is 5.32 Å². The average molecular weight is 275 g/mol. The Kier molecular flexibility index (Phi) is 6.00. The molecule has 2 saturated heterocycles. The number of hydrogen-bond acceptors (Lipinski definition) is 4. The number of ether oxygens (including phenoxy) is 1. The fraction of sp³-hybridized carbons (Fsp3) is 1.00. The van der Waals surface area contributed by atoms with Gasteiger partial charge in [-0.05, 0) is 49.5 Å². The molecule has 0 bridgehead atoms. The summed E-state index contributed by atoms with van der Waals surface area (Å²) >= 11 is 4.11. The maximum Gasteiger partial charge on any atom is 0.0795 e. The summed E-state index contributed by atoms with van der Waals surface area (Å²) in [6, 6.07) is 0.703. The molecule has 0 aliphatic carbocycles. The summed E-state index contributed by atoms with van der Waals surface area (Å²) in [5.41, 5.74) is 0.235. The van der Waals surface area contributed by atoms with Gasteiger partial charge in [0.1, 0.15) is 0 Å². The van der Waals surface area contributed by atoms with Gasteiger partial charge in [0.2, 0.25) is 0 Å². The first-order valence-corrected chi connectivity index (χ1v) is 9.18. The first-order valence-electron chi connectivity index (χ1n) is 6.87. The minimum absolute atomic E-state index is 0.235. The Morgan fingerprint density at radius 1 is 1.53 bits per heavy atom. The van der Waals surface area contributed by atoms with Crippen molar-refractivity contribution < 1.29 is 4.74 Å². The molecule has 0 saturated carbocycles. The van der Waals surface area contributed by atoms with E-state index in [1.54, 1.807) is 0 Å². The Bertz CT molecular complexity index is 219. The van der Waals surface area contributed by atoms with Gasteiger partial charge in [-0.1, -0.05) is 6.92 Å². The molecule has 1 N–H and O–H groups in total. The van der Waals surface area contributed by atoms with E-state index in [1.165, 1.54) is 55.2 Å². The third-order valence-electron chi connectivity index (χ3n) is 3.66. The molecule has 100 valence electrons. The van der Waals surface area contributed by atoms with Gasteiger partial charge in [0.25, 0.3) is 0 Å². The van der Waals surface area contributed by atoms with Crippen molar-refractivity contribution in [1.29, 1.82) is 0 Å². The number of rotatable bonds is 6. The van der Waals surface area contributed by atoms with Crippen molar-refractivity contribution in [3.8, 4) is 0 Å². The second-order valence-corrected chi connectivity index (χ2v) is 7.53. The second kappa shape index (κ2) is 7.27. The Hall–Kier alpha value is 0.620. The molecule has 2 aliphatic rings. The molecule has 2 aliphatic heterocycles.